The molecule has 0 spiro atoms. The molecule has 0 aliphatic carbocycles. The van der Waals surface area contributed by atoms with Gasteiger partial charge in [-0.3, -0.25) is 4.79 Å². The molecular formula is C19H22FNO2. The zero-order chi connectivity index (χ0) is 16.8. The first-order valence-corrected chi connectivity index (χ1v) is 7.75. The maximum atomic E-state index is 13.1. The van der Waals surface area contributed by atoms with E-state index in [0.717, 1.165) is 22.4 Å². The van der Waals surface area contributed by atoms with Crippen LogP contribution in [0.5, 0.6) is 5.75 Å². The summed E-state index contributed by atoms with van der Waals surface area (Å²) in [7, 11) is 0. The molecule has 0 aliphatic rings. The molecule has 0 saturated heterocycles. The smallest absolute Gasteiger partial charge is 0.261 e. The van der Waals surface area contributed by atoms with E-state index < -0.39 is 6.10 Å². The van der Waals surface area contributed by atoms with Crippen LogP contribution in [0.4, 0.5) is 4.39 Å². The summed E-state index contributed by atoms with van der Waals surface area (Å²) < 4.78 is 19.0. The molecule has 1 N–H and O–H groups in total. The van der Waals surface area contributed by atoms with Gasteiger partial charge in [-0.15, -0.1) is 0 Å². The molecule has 0 aromatic heterocycles. The number of hydrogen-bond acceptors (Lipinski definition) is 2. The van der Waals surface area contributed by atoms with Gasteiger partial charge >= 0.3 is 0 Å². The van der Waals surface area contributed by atoms with Crippen LogP contribution in [0, 0.1) is 19.7 Å². The van der Waals surface area contributed by atoms with Crippen molar-refractivity contribution in [3.63, 3.8) is 0 Å². The lowest BCUT2D eigenvalue weighted by atomic mass is 10.1. The largest absolute Gasteiger partial charge is 0.480 e. The zero-order valence-electron chi connectivity index (χ0n) is 13.7. The second kappa shape index (κ2) is 7.77. The quantitative estimate of drug-likeness (QED) is 0.877. The summed E-state index contributed by atoms with van der Waals surface area (Å²) in [5.41, 5.74) is 2.80. The van der Waals surface area contributed by atoms with E-state index in [0.29, 0.717) is 6.42 Å². The van der Waals surface area contributed by atoms with Crippen LogP contribution < -0.4 is 10.1 Å². The number of ether oxygens (including phenoxy) is 1. The number of nitrogens with one attached hydrogen (secondary N) is 1. The minimum absolute atomic E-state index is 0.197. The second-order valence-corrected chi connectivity index (χ2v) is 5.63. The molecule has 1 unspecified atom stereocenters. The summed E-state index contributed by atoms with van der Waals surface area (Å²) in [5, 5.41) is 2.80. The van der Waals surface area contributed by atoms with E-state index in [1.807, 2.05) is 39.0 Å². The van der Waals surface area contributed by atoms with Gasteiger partial charge in [0.05, 0.1) is 0 Å². The van der Waals surface area contributed by atoms with Crippen molar-refractivity contribution < 1.29 is 13.9 Å². The number of aryl methyl sites for hydroxylation is 2. The van der Waals surface area contributed by atoms with E-state index in [4.69, 9.17) is 4.74 Å². The maximum absolute atomic E-state index is 13.1. The van der Waals surface area contributed by atoms with Crippen LogP contribution in [0.3, 0.4) is 0 Å². The first-order valence-electron chi connectivity index (χ1n) is 7.75. The van der Waals surface area contributed by atoms with Gasteiger partial charge in [-0.2, -0.15) is 0 Å². The van der Waals surface area contributed by atoms with E-state index in [2.05, 4.69) is 5.32 Å². The molecule has 1 atom stereocenters. The fraction of sp³-hybridized carbons (Fsp3) is 0.316. The van der Waals surface area contributed by atoms with Crippen molar-refractivity contribution in [1.29, 1.82) is 0 Å². The molecule has 2 aromatic carbocycles. The number of carbonyl (C=O) groups excluding carboxylic acids is 1. The van der Waals surface area contributed by atoms with Crippen LogP contribution in [0.15, 0.2) is 42.5 Å². The minimum Gasteiger partial charge on any atom is -0.480 e. The van der Waals surface area contributed by atoms with Crippen molar-refractivity contribution in [1.82, 2.24) is 5.32 Å². The Hall–Kier alpha value is -2.36. The van der Waals surface area contributed by atoms with Gasteiger partial charge in [0, 0.05) is 6.54 Å². The Morgan fingerprint density at radius 3 is 2.70 bits per heavy atom. The Morgan fingerprint density at radius 1 is 1.22 bits per heavy atom. The average Bonchev–Trinajstić information content (AvgIpc) is 2.53. The summed E-state index contributed by atoms with van der Waals surface area (Å²) in [4.78, 5) is 12.3. The SMILES string of the molecule is CCC(Oc1cc(C)ccc1C)C(=O)NCc1cccc(F)c1. The van der Waals surface area contributed by atoms with Crippen molar-refractivity contribution in [3.8, 4) is 5.75 Å². The van der Waals surface area contributed by atoms with E-state index in [1.54, 1.807) is 12.1 Å². The Morgan fingerprint density at radius 2 is 2.00 bits per heavy atom. The van der Waals surface area contributed by atoms with Crippen molar-refractivity contribution in [2.75, 3.05) is 0 Å². The molecule has 3 nitrogen and oxygen atoms in total. The molecule has 0 heterocycles. The van der Waals surface area contributed by atoms with Gasteiger partial charge in [-0.1, -0.05) is 31.2 Å². The third kappa shape index (κ3) is 4.81. The first-order chi connectivity index (χ1) is 11.0. The summed E-state index contributed by atoms with van der Waals surface area (Å²) >= 11 is 0. The topological polar surface area (TPSA) is 38.3 Å². The monoisotopic (exact) mass is 315 g/mol. The van der Waals surface area contributed by atoms with Gasteiger partial charge in [-0.05, 0) is 55.2 Å². The molecule has 0 radical (unpaired) electrons. The zero-order valence-corrected chi connectivity index (χ0v) is 13.7. The number of benzene rings is 2. The van der Waals surface area contributed by atoms with E-state index in [1.165, 1.54) is 12.1 Å². The standard InChI is InChI=1S/C19H22FNO2/c1-4-17(23-18-10-13(2)8-9-14(18)3)19(22)21-12-15-6-5-7-16(20)11-15/h5-11,17H,4,12H2,1-3H3,(H,21,22). The first kappa shape index (κ1) is 17.0. The molecule has 0 bridgehead atoms. The van der Waals surface area contributed by atoms with Gasteiger partial charge < -0.3 is 10.1 Å². The van der Waals surface area contributed by atoms with Crippen molar-refractivity contribution in [3.05, 3.63) is 65.0 Å². The van der Waals surface area contributed by atoms with Gasteiger partial charge in [0.25, 0.3) is 5.91 Å². The number of carbonyl (C=O) groups is 1. The number of halogens is 1. The number of rotatable bonds is 6. The molecular weight excluding hydrogens is 293 g/mol. The number of amides is 1. The van der Waals surface area contributed by atoms with Crippen LogP contribution in [-0.4, -0.2) is 12.0 Å². The van der Waals surface area contributed by atoms with E-state index >= 15 is 0 Å². The molecule has 0 fully saturated rings. The highest BCUT2D eigenvalue weighted by molar-refractivity contribution is 5.81. The summed E-state index contributed by atoms with van der Waals surface area (Å²) in [6.07, 6.45) is -0.00778. The Kier molecular flexibility index (Phi) is 5.74. The molecule has 122 valence electrons. The Labute approximate surface area is 136 Å². The highest BCUT2D eigenvalue weighted by atomic mass is 19.1. The Balaban J connectivity index is 1.99. The summed E-state index contributed by atoms with van der Waals surface area (Å²) in [6.45, 7) is 6.12. The van der Waals surface area contributed by atoms with E-state index in [-0.39, 0.29) is 18.3 Å². The van der Waals surface area contributed by atoms with Crippen molar-refractivity contribution in [2.24, 2.45) is 0 Å². The van der Waals surface area contributed by atoms with Crippen LogP contribution in [0.25, 0.3) is 0 Å². The normalized spacial score (nSPS) is 11.8. The lowest BCUT2D eigenvalue weighted by molar-refractivity contribution is -0.128. The third-order valence-corrected chi connectivity index (χ3v) is 3.63. The molecule has 1 amide bonds. The number of hydrogen-bond donors (Lipinski definition) is 1. The van der Waals surface area contributed by atoms with Gasteiger partial charge in [0.15, 0.2) is 6.10 Å². The summed E-state index contributed by atoms with van der Waals surface area (Å²) in [5.74, 6) is 0.214. The molecule has 0 saturated carbocycles. The average molecular weight is 315 g/mol. The van der Waals surface area contributed by atoms with Gasteiger partial charge in [0.2, 0.25) is 0 Å². The van der Waals surface area contributed by atoms with Gasteiger partial charge in [0.1, 0.15) is 11.6 Å². The molecule has 4 heteroatoms. The van der Waals surface area contributed by atoms with Crippen LogP contribution in [0.1, 0.15) is 30.0 Å². The highest BCUT2D eigenvalue weighted by Crippen LogP contribution is 2.21. The second-order valence-electron chi connectivity index (χ2n) is 5.63. The predicted molar refractivity (Wildman–Crippen MR) is 88.9 cm³/mol. The van der Waals surface area contributed by atoms with Gasteiger partial charge in [-0.25, -0.2) is 4.39 Å². The predicted octanol–water partition coefficient (Wildman–Crippen LogP) is 3.92. The highest BCUT2D eigenvalue weighted by Gasteiger charge is 2.19. The lowest BCUT2D eigenvalue weighted by Gasteiger charge is -2.19. The fourth-order valence-corrected chi connectivity index (χ4v) is 2.26. The Bertz CT molecular complexity index is 685. The minimum atomic E-state index is -0.566. The molecule has 23 heavy (non-hydrogen) atoms. The molecule has 2 rings (SSSR count). The lowest BCUT2D eigenvalue weighted by Crippen LogP contribution is -2.37. The van der Waals surface area contributed by atoms with E-state index in [9.17, 15) is 9.18 Å². The van der Waals surface area contributed by atoms with Crippen molar-refractivity contribution >= 4 is 5.91 Å². The third-order valence-electron chi connectivity index (χ3n) is 3.63. The molecule has 2 aromatic rings. The van der Waals surface area contributed by atoms with Crippen LogP contribution in [0.2, 0.25) is 0 Å². The molecule has 0 aliphatic heterocycles. The van der Waals surface area contributed by atoms with Crippen LogP contribution in [-0.2, 0) is 11.3 Å². The van der Waals surface area contributed by atoms with Crippen molar-refractivity contribution in [2.45, 2.75) is 39.8 Å². The maximum Gasteiger partial charge on any atom is 0.261 e. The van der Waals surface area contributed by atoms with Crippen LogP contribution >= 0.6 is 0 Å². The fourth-order valence-electron chi connectivity index (χ4n) is 2.26. The summed E-state index contributed by atoms with van der Waals surface area (Å²) in [6, 6.07) is 12.1.